The van der Waals surface area contributed by atoms with E-state index in [0.717, 1.165) is 5.56 Å². The molecule has 1 aromatic rings. The predicted octanol–water partition coefficient (Wildman–Crippen LogP) is 2.70. The van der Waals surface area contributed by atoms with Gasteiger partial charge < -0.3 is 9.47 Å². The Labute approximate surface area is 84.8 Å². The van der Waals surface area contributed by atoms with Crippen molar-refractivity contribution in [1.29, 1.82) is 0 Å². The van der Waals surface area contributed by atoms with Crippen LogP contribution in [0.15, 0.2) is 18.2 Å². The first kappa shape index (κ1) is 10.5. The SMILES string of the molecule is COCOc1cc(F)cc(CBr)c1. The highest BCUT2D eigenvalue weighted by atomic mass is 79.9. The van der Waals surface area contributed by atoms with Gasteiger partial charge in [-0.3, -0.25) is 0 Å². The van der Waals surface area contributed by atoms with Gasteiger partial charge in [-0.2, -0.15) is 0 Å². The third kappa shape index (κ3) is 3.32. The van der Waals surface area contributed by atoms with Crippen LogP contribution < -0.4 is 4.74 Å². The van der Waals surface area contributed by atoms with Crippen LogP contribution in [0.1, 0.15) is 5.56 Å². The van der Waals surface area contributed by atoms with Crippen molar-refractivity contribution >= 4 is 15.9 Å². The maximum Gasteiger partial charge on any atom is 0.188 e. The zero-order valence-electron chi connectivity index (χ0n) is 7.22. The third-order valence-corrected chi connectivity index (χ3v) is 2.08. The van der Waals surface area contributed by atoms with Crippen molar-refractivity contribution in [2.24, 2.45) is 0 Å². The summed E-state index contributed by atoms with van der Waals surface area (Å²) in [5.74, 6) is 0.180. The van der Waals surface area contributed by atoms with Crippen LogP contribution in [0.3, 0.4) is 0 Å². The number of hydrogen-bond donors (Lipinski definition) is 0. The molecule has 0 fully saturated rings. The highest BCUT2D eigenvalue weighted by molar-refractivity contribution is 9.08. The largest absolute Gasteiger partial charge is 0.467 e. The monoisotopic (exact) mass is 248 g/mol. The number of hydrogen-bond acceptors (Lipinski definition) is 2. The van der Waals surface area contributed by atoms with Crippen LogP contribution in [0, 0.1) is 5.82 Å². The fraction of sp³-hybridized carbons (Fsp3) is 0.333. The number of benzene rings is 1. The molecule has 0 atom stereocenters. The third-order valence-electron chi connectivity index (χ3n) is 1.43. The van der Waals surface area contributed by atoms with Crippen molar-refractivity contribution in [2.75, 3.05) is 13.9 Å². The minimum atomic E-state index is -0.303. The summed E-state index contributed by atoms with van der Waals surface area (Å²) in [7, 11) is 1.52. The Morgan fingerprint density at radius 2 is 2.15 bits per heavy atom. The fourth-order valence-corrected chi connectivity index (χ4v) is 1.23. The molecule has 0 saturated heterocycles. The summed E-state index contributed by atoms with van der Waals surface area (Å²) < 4.78 is 22.7. The predicted molar refractivity (Wildman–Crippen MR) is 51.5 cm³/mol. The zero-order chi connectivity index (χ0) is 9.68. The Bertz CT molecular complexity index is 278. The number of methoxy groups -OCH3 is 1. The quantitative estimate of drug-likeness (QED) is 0.603. The van der Waals surface area contributed by atoms with Gasteiger partial charge in [-0.05, 0) is 17.7 Å². The lowest BCUT2D eigenvalue weighted by Gasteiger charge is -2.05. The molecule has 1 rings (SSSR count). The molecule has 2 nitrogen and oxygen atoms in total. The van der Waals surface area contributed by atoms with Crippen molar-refractivity contribution in [3.8, 4) is 5.75 Å². The standard InChI is InChI=1S/C9H10BrFO2/c1-12-6-13-9-3-7(5-10)2-8(11)4-9/h2-4H,5-6H2,1H3. The van der Waals surface area contributed by atoms with E-state index in [9.17, 15) is 4.39 Å². The Balaban J connectivity index is 2.76. The highest BCUT2D eigenvalue weighted by Crippen LogP contribution is 2.18. The molecule has 0 aliphatic carbocycles. The number of halogens is 2. The van der Waals surface area contributed by atoms with Crippen molar-refractivity contribution < 1.29 is 13.9 Å². The number of rotatable bonds is 4. The second kappa shape index (κ2) is 5.19. The molecule has 1 aromatic carbocycles. The minimum Gasteiger partial charge on any atom is -0.467 e. The molecule has 0 bridgehead atoms. The second-order valence-electron chi connectivity index (χ2n) is 2.48. The van der Waals surface area contributed by atoms with Crippen LogP contribution >= 0.6 is 15.9 Å². The van der Waals surface area contributed by atoms with Crippen molar-refractivity contribution in [3.63, 3.8) is 0 Å². The molecule has 0 unspecified atom stereocenters. The smallest absolute Gasteiger partial charge is 0.188 e. The van der Waals surface area contributed by atoms with E-state index < -0.39 is 0 Å². The normalized spacial score (nSPS) is 10.1. The van der Waals surface area contributed by atoms with E-state index in [1.807, 2.05) is 0 Å². The molecular formula is C9H10BrFO2. The first-order valence-electron chi connectivity index (χ1n) is 3.73. The van der Waals surface area contributed by atoms with E-state index in [-0.39, 0.29) is 12.6 Å². The van der Waals surface area contributed by atoms with Gasteiger partial charge in [-0.1, -0.05) is 15.9 Å². The van der Waals surface area contributed by atoms with Crippen LogP contribution in [-0.4, -0.2) is 13.9 Å². The highest BCUT2D eigenvalue weighted by Gasteiger charge is 2.00. The fourth-order valence-electron chi connectivity index (χ4n) is 0.908. The molecular weight excluding hydrogens is 239 g/mol. The van der Waals surface area contributed by atoms with Gasteiger partial charge in [0.1, 0.15) is 11.6 Å². The average Bonchev–Trinajstić information content (AvgIpc) is 2.14. The molecule has 13 heavy (non-hydrogen) atoms. The summed E-state index contributed by atoms with van der Waals surface area (Å²) >= 11 is 3.24. The van der Waals surface area contributed by atoms with Crippen LogP contribution in [0.2, 0.25) is 0 Å². The van der Waals surface area contributed by atoms with Gasteiger partial charge in [-0.25, -0.2) is 4.39 Å². The van der Waals surface area contributed by atoms with Crippen LogP contribution in [-0.2, 0) is 10.1 Å². The molecule has 0 N–H and O–H groups in total. The Morgan fingerprint density at radius 3 is 2.77 bits per heavy atom. The van der Waals surface area contributed by atoms with Gasteiger partial charge in [0.15, 0.2) is 6.79 Å². The average molecular weight is 249 g/mol. The van der Waals surface area contributed by atoms with E-state index in [1.165, 1.54) is 19.2 Å². The lowest BCUT2D eigenvalue weighted by Crippen LogP contribution is -1.99. The Kier molecular flexibility index (Phi) is 4.18. The molecule has 72 valence electrons. The molecule has 0 saturated carbocycles. The molecule has 0 amide bonds. The summed E-state index contributed by atoms with van der Waals surface area (Å²) in [4.78, 5) is 0. The summed E-state index contributed by atoms with van der Waals surface area (Å²) in [6.45, 7) is 0.130. The van der Waals surface area contributed by atoms with Crippen molar-refractivity contribution in [2.45, 2.75) is 5.33 Å². The van der Waals surface area contributed by atoms with E-state index in [1.54, 1.807) is 6.07 Å². The van der Waals surface area contributed by atoms with Gasteiger partial charge >= 0.3 is 0 Å². The molecule has 0 aliphatic rings. The van der Waals surface area contributed by atoms with E-state index >= 15 is 0 Å². The first-order valence-corrected chi connectivity index (χ1v) is 4.85. The topological polar surface area (TPSA) is 18.5 Å². The molecule has 4 heteroatoms. The first-order chi connectivity index (χ1) is 6.26. The lowest BCUT2D eigenvalue weighted by molar-refractivity contribution is 0.0509. The number of alkyl halides is 1. The summed E-state index contributed by atoms with van der Waals surface area (Å²) in [6.07, 6.45) is 0. The number of ether oxygens (including phenoxy) is 2. The Hall–Kier alpha value is -0.610. The van der Waals surface area contributed by atoms with Gasteiger partial charge in [0.2, 0.25) is 0 Å². The molecule has 0 spiro atoms. The lowest BCUT2D eigenvalue weighted by atomic mass is 10.2. The Morgan fingerprint density at radius 1 is 1.38 bits per heavy atom. The van der Waals surface area contributed by atoms with E-state index in [2.05, 4.69) is 15.9 Å². The molecule has 0 aliphatic heterocycles. The molecule has 0 radical (unpaired) electrons. The van der Waals surface area contributed by atoms with Gasteiger partial charge in [0.05, 0.1) is 0 Å². The van der Waals surface area contributed by atoms with Crippen molar-refractivity contribution in [3.05, 3.63) is 29.6 Å². The van der Waals surface area contributed by atoms with Gasteiger partial charge in [0.25, 0.3) is 0 Å². The maximum atomic E-state index is 12.9. The van der Waals surface area contributed by atoms with Crippen molar-refractivity contribution in [1.82, 2.24) is 0 Å². The molecule has 0 aromatic heterocycles. The zero-order valence-corrected chi connectivity index (χ0v) is 8.80. The van der Waals surface area contributed by atoms with Crippen LogP contribution in [0.5, 0.6) is 5.75 Å². The molecule has 0 heterocycles. The summed E-state index contributed by atoms with van der Waals surface area (Å²) in [6, 6.07) is 4.54. The summed E-state index contributed by atoms with van der Waals surface area (Å²) in [5.41, 5.74) is 0.839. The summed E-state index contributed by atoms with van der Waals surface area (Å²) in [5, 5.41) is 0.605. The van der Waals surface area contributed by atoms with Gasteiger partial charge in [-0.15, -0.1) is 0 Å². The van der Waals surface area contributed by atoms with Crippen LogP contribution in [0.4, 0.5) is 4.39 Å². The van der Waals surface area contributed by atoms with Gasteiger partial charge in [0, 0.05) is 18.5 Å². The minimum absolute atomic E-state index is 0.130. The second-order valence-corrected chi connectivity index (χ2v) is 3.04. The van der Waals surface area contributed by atoms with Crippen LogP contribution in [0.25, 0.3) is 0 Å². The van der Waals surface area contributed by atoms with E-state index in [0.29, 0.717) is 11.1 Å². The maximum absolute atomic E-state index is 12.9. The van der Waals surface area contributed by atoms with E-state index in [4.69, 9.17) is 9.47 Å².